The molecule has 0 radical (unpaired) electrons. The lowest BCUT2D eigenvalue weighted by molar-refractivity contribution is 0.156. The summed E-state index contributed by atoms with van der Waals surface area (Å²) in [6.45, 7) is 9.33. The Kier molecular flexibility index (Phi) is 6.92. The molecule has 1 N–H and O–H groups in total. The Labute approximate surface area is 163 Å². The highest BCUT2D eigenvalue weighted by atomic mass is 127. The van der Waals surface area contributed by atoms with Gasteiger partial charge in [-0.1, -0.05) is 36.8 Å². The maximum absolute atomic E-state index is 5.62. The highest BCUT2D eigenvalue weighted by Crippen LogP contribution is 2.38. The van der Waals surface area contributed by atoms with Gasteiger partial charge in [0.25, 0.3) is 0 Å². The number of guanidine groups is 1. The van der Waals surface area contributed by atoms with Crippen LogP contribution in [-0.4, -0.2) is 50.8 Å². The van der Waals surface area contributed by atoms with Crippen molar-refractivity contribution < 1.29 is 4.74 Å². The summed E-state index contributed by atoms with van der Waals surface area (Å²) >= 11 is 0. The molecule has 2 aliphatic rings. The van der Waals surface area contributed by atoms with E-state index in [1.165, 1.54) is 24.0 Å². The zero-order valence-corrected chi connectivity index (χ0v) is 17.4. The molecule has 1 aromatic rings. The monoisotopic (exact) mass is 443 g/mol. The Balaban J connectivity index is 0.00000208. The van der Waals surface area contributed by atoms with Gasteiger partial charge in [-0.05, 0) is 31.2 Å². The van der Waals surface area contributed by atoms with E-state index in [9.17, 15) is 0 Å². The minimum absolute atomic E-state index is 0. The molecule has 1 spiro atoms. The number of ether oxygens (including phenoxy) is 1. The first-order valence-electron chi connectivity index (χ1n) is 8.72. The predicted molar refractivity (Wildman–Crippen MR) is 110 cm³/mol. The molecule has 2 unspecified atom stereocenters. The normalized spacial score (nSPS) is 25.0. The van der Waals surface area contributed by atoms with Gasteiger partial charge in [-0.25, -0.2) is 0 Å². The van der Waals surface area contributed by atoms with Crippen LogP contribution in [0.5, 0.6) is 0 Å². The lowest BCUT2D eigenvalue weighted by atomic mass is 9.87. The fourth-order valence-electron chi connectivity index (χ4n) is 3.76. The number of hydrogen-bond donors (Lipinski definition) is 1. The number of hydrogen-bond acceptors (Lipinski definition) is 2. The molecule has 2 heterocycles. The Morgan fingerprint density at radius 2 is 2.25 bits per heavy atom. The molecule has 2 atom stereocenters. The van der Waals surface area contributed by atoms with Crippen LogP contribution in [0.15, 0.2) is 29.3 Å². The number of benzene rings is 1. The molecule has 24 heavy (non-hydrogen) atoms. The van der Waals surface area contributed by atoms with Gasteiger partial charge in [0.15, 0.2) is 5.96 Å². The molecule has 1 aromatic carbocycles. The summed E-state index contributed by atoms with van der Waals surface area (Å²) in [5.74, 6) is 1.51. The van der Waals surface area contributed by atoms with Crippen LogP contribution in [0.4, 0.5) is 0 Å². The van der Waals surface area contributed by atoms with E-state index in [0.717, 1.165) is 38.8 Å². The summed E-state index contributed by atoms with van der Waals surface area (Å²) < 4.78 is 5.62. The number of rotatable bonds is 3. The Bertz CT molecular complexity index is 569. The molecule has 2 aliphatic heterocycles. The average Bonchev–Trinajstić information content (AvgIpc) is 3.18. The van der Waals surface area contributed by atoms with Crippen LogP contribution in [0.25, 0.3) is 0 Å². The second-order valence-electron chi connectivity index (χ2n) is 7.22. The lowest BCUT2D eigenvalue weighted by Gasteiger charge is -2.26. The van der Waals surface area contributed by atoms with Crippen molar-refractivity contribution in [3.8, 4) is 0 Å². The van der Waals surface area contributed by atoms with E-state index >= 15 is 0 Å². The van der Waals surface area contributed by atoms with Crippen molar-refractivity contribution in [2.24, 2.45) is 10.4 Å². The van der Waals surface area contributed by atoms with Gasteiger partial charge in [0.05, 0.1) is 6.61 Å². The third-order valence-electron chi connectivity index (χ3n) is 5.31. The minimum Gasteiger partial charge on any atom is -0.381 e. The van der Waals surface area contributed by atoms with Crippen LogP contribution in [0.3, 0.4) is 0 Å². The molecule has 2 saturated heterocycles. The molecule has 134 valence electrons. The van der Waals surface area contributed by atoms with Crippen molar-refractivity contribution in [2.75, 3.05) is 39.9 Å². The van der Waals surface area contributed by atoms with Gasteiger partial charge < -0.3 is 15.0 Å². The Hall–Kier alpha value is -0.820. The first-order valence-corrected chi connectivity index (χ1v) is 8.72. The molecular weight excluding hydrogens is 413 g/mol. The molecule has 5 heteroatoms. The summed E-state index contributed by atoms with van der Waals surface area (Å²) in [5.41, 5.74) is 3.08. The predicted octanol–water partition coefficient (Wildman–Crippen LogP) is 3.40. The summed E-state index contributed by atoms with van der Waals surface area (Å²) in [6, 6.07) is 8.77. The third-order valence-corrected chi connectivity index (χ3v) is 5.31. The fourth-order valence-corrected chi connectivity index (χ4v) is 3.76. The molecule has 4 nitrogen and oxygen atoms in total. The maximum atomic E-state index is 5.62. The summed E-state index contributed by atoms with van der Waals surface area (Å²) in [6.07, 6.45) is 2.42. The van der Waals surface area contributed by atoms with Gasteiger partial charge in [0, 0.05) is 38.7 Å². The Morgan fingerprint density at radius 1 is 1.42 bits per heavy atom. The van der Waals surface area contributed by atoms with Gasteiger partial charge in [0.2, 0.25) is 0 Å². The average molecular weight is 443 g/mol. The maximum Gasteiger partial charge on any atom is 0.193 e. The van der Waals surface area contributed by atoms with Crippen molar-refractivity contribution in [1.82, 2.24) is 10.2 Å². The summed E-state index contributed by atoms with van der Waals surface area (Å²) in [7, 11) is 1.88. The van der Waals surface area contributed by atoms with E-state index in [1.54, 1.807) is 0 Å². The van der Waals surface area contributed by atoms with E-state index < -0.39 is 0 Å². The Morgan fingerprint density at radius 3 is 2.92 bits per heavy atom. The van der Waals surface area contributed by atoms with Crippen LogP contribution in [0.2, 0.25) is 0 Å². The molecule has 0 amide bonds. The summed E-state index contributed by atoms with van der Waals surface area (Å²) in [5, 5.41) is 3.57. The van der Waals surface area contributed by atoms with E-state index in [4.69, 9.17) is 4.74 Å². The second kappa shape index (κ2) is 8.52. The molecule has 0 saturated carbocycles. The molecule has 0 aliphatic carbocycles. The van der Waals surface area contributed by atoms with Crippen LogP contribution < -0.4 is 5.32 Å². The number of halogens is 1. The SMILES string of the molecule is CN=C(NCC(C)c1cccc(C)c1)N1CCC2(CCOC2)C1.I. The smallest absolute Gasteiger partial charge is 0.193 e. The number of aliphatic imine (C=N–C) groups is 1. The topological polar surface area (TPSA) is 36.9 Å². The van der Waals surface area contributed by atoms with E-state index in [2.05, 4.69) is 53.3 Å². The van der Waals surface area contributed by atoms with Crippen molar-refractivity contribution in [3.05, 3.63) is 35.4 Å². The van der Waals surface area contributed by atoms with Gasteiger partial charge in [-0.2, -0.15) is 0 Å². The number of nitrogens with zero attached hydrogens (tertiary/aromatic N) is 2. The molecule has 0 bridgehead atoms. The van der Waals surface area contributed by atoms with E-state index in [1.807, 2.05) is 7.05 Å². The first-order chi connectivity index (χ1) is 11.1. The zero-order valence-electron chi connectivity index (χ0n) is 15.0. The van der Waals surface area contributed by atoms with Crippen LogP contribution in [0, 0.1) is 12.3 Å². The van der Waals surface area contributed by atoms with E-state index in [-0.39, 0.29) is 24.0 Å². The molecule has 2 fully saturated rings. The van der Waals surface area contributed by atoms with Crippen molar-refractivity contribution in [1.29, 1.82) is 0 Å². The number of nitrogens with one attached hydrogen (secondary N) is 1. The molecule has 3 rings (SSSR count). The second-order valence-corrected chi connectivity index (χ2v) is 7.22. The summed E-state index contributed by atoms with van der Waals surface area (Å²) in [4.78, 5) is 6.90. The van der Waals surface area contributed by atoms with Gasteiger partial charge in [-0.15, -0.1) is 24.0 Å². The molecule has 0 aromatic heterocycles. The highest BCUT2D eigenvalue weighted by Gasteiger charge is 2.42. The van der Waals surface area contributed by atoms with Crippen molar-refractivity contribution >= 4 is 29.9 Å². The zero-order chi connectivity index (χ0) is 16.3. The number of aryl methyl sites for hydroxylation is 1. The van der Waals surface area contributed by atoms with E-state index in [0.29, 0.717) is 11.3 Å². The quantitative estimate of drug-likeness (QED) is 0.442. The standard InChI is InChI=1S/C19H29N3O.HI/c1-15-5-4-6-17(11-15)16(2)12-21-18(20-3)22-9-7-19(13-22)8-10-23-14-19;/h4-6,11,16H,7-10,12-14H2,1-3H3,(H,20,21);1H. The number of likely N-dealkylation sites (tertiary alicyclic amines) is 1. The highest BCUT2D eigenvalue weighted by molar-refractivity contribution is 14.0. The fraction of sp³-hybridized carbons (Fsp3) is 0.632. The lowest BCUT2D eigenvalue weighted by Crippen LogP contribution is -2.42. The first kappa shape index (κ1) is 19.5. The van der Waals surface area contributed by atoms with Crippen molar-refractivity contribution in [2.45, 2.75) is 32.6 Å². The van der Waals surface area contributed by atoms with Crippen LogP contribution in [-0.2, 0) is 4.74 Å². The third kappa shape index (κ3) is 4.42. The van der Waals surface area contributed by atoms with Gasteiger partial charge in [-0.3, -0.25) is 4.99 Å². The molecular formula is C19H30IN3O. The van der Waals surface area contributed by atoms with Crippen LogP contribution in [0.1, 0.15) is 36.8 Å². The minimum atomic E-state index is 0. The van der Waals surface area contributed by atoms with Crippen LogP contribution >= 0.6 is 24.0 Å². The van der Waals surface area contributed by atoms with Crippen molar-refractivity contribution in [3.63, 3.8) is 0 Å². The largest absolute Gasteiger partial charge is 0.381 e. The van der Waals surface area contributed by atoms with Gasteiger partial charge in [0.1, 0.15) is 0 Å². The van der Waals surface area contributed by atoms with Gasteiger partial charge >= 0.3 is 0 Å².